The van der Waals surface area contributed by atoms with Gasteiger partial charge >= 0.3 is 0 Å². The van der Waals surface area contributed by atoms with Crippen molar-refractivity contribution < 1.29 is 8.42 Å². The minimum Gasteiger partial charge on any atom is -0.207 e. The Bertz CT molecular complexity index is 488. The van der Waals surface area contributed by atoms with Crippen LogP contribution in [0.15, 0.2) is 27.6 Å². The summed E-state index contributed by atoms with van der Waals surface area (Å²) in [5, 5.41) is 0.492. The molecular weight excluding hydrogens is 314 g/mol. The molecule has 6 heteroatoms. The Morgan fingerprint density at radius 3 is 2.38 bits per heavy atom. The number of hydrogen-bond donors (Lipinski definition) is 0. The highest BCUT2D eigenvalue weighted by Crippen LogP contribution is 2.27. The van der Waals surface area contributed by atoms with Crippen LogP contribution < -0.4 is 0 Å². The summed E-state index contributed by atoms with van der Waals surface area (Å²) in [5.41, 5.74) is 0. The summed E-state index contributed by atoms with van der Waals surface area (Å²) < 4.78 is 26.1. The molecular formula is C10H13BrClNO2S. The zero-order chi connectivity index (χ0) is 12.5. The van der Waals surface area contributed by atoms with Crippen LogP contribution in [0, 0.1) is 0 Å². The lowest BCUT2D eigenvalue weighted by molar-refractivity contribution is 0.410. The van der Waals surface area contributed by atoms with Gasteiger partial charge in [0.05, 0.1) is 9.92 Å². The summed E-state index contributed by atoms with van der Waals surface area (Å²) >= 11 is 9.03. The summed E-state index contributed by atoms with van der Waals surface area (Å²) in [7, 11) is -1.87. The Kier molecular flexibility index (Phi) is 4.40. The van der Waals surface area contributed by atoms with Gasteiger partial charge in [-0.25, -0.2) is 8.42 Å². The molecule has 0 N–H and O–H groups in total. The number of nitrogens with zero attached hydrogens (tertiary/aromatic N) is 1. The molecule has 0 heterocycles. The molecule has 0 aliphatic carbocycles. The van der Waals surface area contributed by atoms with Gasteiger partial charge in [0.25, 0.3) is 0 Å². The van der Waals surface area contributed by atoms with E-state index in [4.69, 9.17) is 11.6 Å². The SMILES string of the molecule is CC(C)N(C)S(=O)(=O)c1ccc(Cl)c(Br)c1. The zero-order valence-corrected chi connectivity index (χ0v) is 12.4. The molecule has 0 aliphatic rings. The van der Waals surface area contributed by atoms with E-state index in [1.165, 1.54) is 16.4 Å². The van der Waals surface area contributed by atoms with Crippen molar-refractivity contribution in [3.8, 4) is 0 Å². The van der Waals surface area contributed by atoms with Crippen molar-refractivity contribution in [2.24, 2.45) is 0 Å². The van der Waals surface area contributed by atoms with Gasteiger partial charge < -0.3 is 0 Å². The van der Waals surface area contributed by atoms with Crippen molar-refractivity contribution in [1.29, 1.82) is 0 Å². The van der Waals surface area contributed by atoms with Gasteiger partial charge in [-0.3, -0.25) is 0 Å². The molecule has 0 unspecified atom stereocenters. The van der Waals surface area contributed by atoms with Crippen molar-refractivity contribution in [3.63, 3.8) is 0 Å². The van der Waals surface area contributed by atoms with Crippen molar-refractivity contribution in [2.75, 3.05) is 7.05 Å². The summed E-state index contributed by atoms with van der Waals surface area (Å²) in [5.74, 6) is 0. The Balaban J connectivity index is 3.23. The Morgan fingerprint density at radius 1 is 1.38 bits per heavy atom. The van der Waals surface area contributed by atoms with Crippen LogP contribution in [-0.4, -0.2) is 25.8 Å². The average Bonchev–Trinajstić information content (AvgIpc) is 2.20. The fourth-order valence-electron chi connectivity index (χ4n) is 1.08. The Morgan fingerprint density at radius 2 is 1.94 bits per heavy atom. The smallest absolute Gasteiger partial charge is 0.207 e. The first-order valence-electron chi connectivity index (χ1n) is 4.70. The fraction of sp³-hybridized carbons (Fsp3) is 0.400. The van der Waals surface area contributed by atoms with Gasteiger partial charge in [0, 0.05) is 17.6 Å². The number of rotatable bonds is 3. The lowest BCUT2D eigenvalue weighted by Crippen LogP contribution is -2.33. The van der Waals surface area contributed by atoms with E-state index in [-0.39, 0.29) is 10.9 Å². The first kappa shape index (κ1) is 14.0. The molecule has 0 fully saturated rings. The molecule has 16 heavy (non-hydrogen) atoms. The zero-order valence-electron chi connectivity index (χ0n) is 9.24. The predicted octanol–water partition coefficient (Wildman–Crippen LogP) is 3.13. The molecule has 0 saturated carbocycles. The molecule has 1 aromatic carbocycles. The van der Waals surface area contributed by atoms with E-state index in [0.29, 0.717) is 9.50 Å². The standard InChI is InChI=1S/C10H13BrClNO2S/c1-7(2)13(3)16(14,15)8-4-5-10(12)9(11)6-8/h4-7H,1-3H3. The van der Waals surface area contributed by atoms with E-state index in [1.54, 1.807) is 13.1 Å². The van der Waals surface area contributed by atoms with Crippen molar-refractivity contribution in [2.45, 2.75) is 24.8 Å². The highest BCUT2D eigenvalue weighted by molar-refractivity contribution is 9.10. The van der Waals surface area contributed by atoms with Crippen molar-refractivity contribution >= 4 is 37.6 Å². The summed E-state index contributed by atoms with van der Waals surface area (Å²) in [6.07, 6.45) is 0. The van der Waals surface area contributed by atoms with Gasteiger partial charge in [-0.2, -0.15) is 4.31 Å². The van der Waals surface area contributed by atoms with Gasteiger partial charge in [-0.05, 0) is 48.0 Å². The molecule has 1 rings (SSSR count). The van der Waals surface area contributed by atoms with Crippen molar-refractivity contribution in [3.05, 3.63) is 27.7 Å². The third-order valence-corrected chi connectivity index (χ3v) is 5.54. The molecule has 0 aliphatic heterocycles. The van der Waals surface area contributed by atoms with Gasteiger partial charge in [-0.1, -0.05) is 11.6 Å². The lowest BCUT2D eigenvalue weighted by Gasteiger charge is -2.21. The third-order valence-electron chi connectivity index (χ3n) is 2.30. The normalized spacial score (nSPS) is 12.4. The fourth-order valence-corrected chi connectivity index (χ4v) is 3.12. The van der Waals surface area contributed by atoms with Crippen LogP contribution in [0.25, 0.3) is 0 Å². The molecule has 3 nitrogen and oxygen atoms in total. The number of halogens is 2. The van der Waals surface area contributed by atoms with E-state index in [1.807, 2.05) is 13.8 Å². The third kappa shape index (κ3) is 2.77. The maximum atomic E-state index is 12.1. The first-order valence-corrected chi connectivity index (χ1v) is 7.31. The highest BCUT2D eigenvalue weighted by Gasteiger charge is 2.23. The van der Waals surface area contributed by atoms with E-state index >= 15 is 0 Å². The second-order valence-corrected chi connectivity index (χ2v) is 6.95. The second-order valence-electron chi connectivity index (χ2n) is 3.69. The predicted molar refractivity (Wildman–Crippen MR) is 69.2 cm³/mol. The van der Waals surface area contributed by atoms with Crippen LogP contribution in [0.5, 0.6) is 0 Å². The van der Waals surface area contributed by atoms with Crippen LogP contribution in [0.2, 0.25) is 5.02 Å². The monoisotopic (exact) mass is 325 g/mol. The molecule has 0 amide bonds. The second kappa shape index (κ2) is 5.04. The van der Waals surface area contributed by atoms with Gasteiger partial charge in [-0.15, -0.1) is 0 Å². The van der Waals surface area contributed by atoms with E-state index in [0.717, 1.165) is 0 Å². The van der Waals surface area contributed by atoms with Crippen LogP contribution in [0.3, 0.4) is 0 Å². The number of benzene rings is 1. The molecule has 1 aromatic rings. The minimum atomic E-state index is -3.43. The van der Waals surface area contributed by atoms with Crippen LogP contribution in [-0.2, 0) is 10.0 Å². The topological polar surface area (TPSA) is 37.4 Å². The highest BCUT2D eigenvalue weighted by atomic mass is 79.9. The van der Waals surface area contributed by atoms with Crippen molar-refractivity contribution in [1.82, 2.24) is 4.31 Å². The van der Waals surface area contributed by atoms with E-state index in [9.17, 15) is 8.42 Å². The quantitative estimate of drug-likeness (QED) is 0.856. The molecule has 0 radical (unpaired) electrons. The molecule has 90 valence electrons. The van der Waals surface area contributed by atoms with Crippen LogP contribution in [0.4, 0.5) is 0 Å². The Hall–Kier alpha value is -0.100. The molecule has 0 saturated heterocycles. The Labute approximate surface area is 110 Å². The van der Waals surface area contributed by atoms with Crippen LogP contribution >= 0.6 is 27.5 Å². The number of sulfonamides is 1. The van der Waals surface area contributed by atoms with E-state index < -0.39 is 10.0 Å². The van der Waals surface area contributed by atoms with Crippen LogP contribution in [0.1, 0.15) is 13.8 Å². The maximum Gasteiger partial charge on any atom is 0.243 e. The van der Waals surface area contributed by atoms with Gasteiger partial charge in [0.2, 0.25) is 10.0 Å². The summed E-state index contributed by atoms with van der Waals surface area (Å²) in [4.78, 5) is 0.236. The molecule has 0 spiro atoms. The molecule has 0 aromatic heterocycles. The minimum absolute atomic E-state index is 0.0838. The first-order chi connectivity index (χ1) is 7.26. The summed E-state index contributed by atoms with van der Waals surface area (Å²) in [6, 6.07) is 4.49. The van der Waals surface area contributed by atoms with Gasteiger partial charge in [0.1, 0.15) is 0 Å². The van der Waals surface area contributed by atoms with E-state index in [2.05, 4.69) is 15.9 Å². The average molecular weight is 327 g/mol. The maximum absolute atomic E-state index is 12.1. The van der Waals surface area contributed by atoms with Gasteiger partial charge in [0.15, 0.2) is 0 Å². The number of hydrogen-bond acceptors (Lipinski definition) is 2. The molecule has 0 bridgehead atoms. The summed E-state index contributed by atoms with van der Waals surface area (Å²) in [6.45, 7) is 3.64. The molecule has 0 atom stereocenters. The largest absolute Gasteiger partial charge is 0.243 e. The lowest BCUT2D eigenvalue weighted by atomic mass is 10.4.